The van der Waals surface area contributed by atoms with Crippen molar-refractivity contribution in [3.8, 4) is 0 Å². The van der Waals surface area contributed by atoms with Crippen molar-refractivity contribution in [2.45, 2.75) is 44.3 Å². The monoisotopic (exact) mass is 456 g/mol. The topological polar surface area (TPSA) is 112 Å². The lowest BCUT2D eigenvalue weighted by Crippen LogP contribution is -2.49. The van der Waals surface area contributed by atoms with Crippen LogP contribution in [0.1, 0.15) is 57.8 Å². The molecular formula is C24H29FN4O4. The molecule has 1 saturated heterocycles. The van der Waals surface area contributed by atoms with E-state index in [1.807, 2.05) is 30.3 Å². The third kappa shape index (κ3) is 6.50. The van der Waals surface area contributed by atoms with Crippen molar-refractivity contribution < 1.29 is 23.9 Å². The molecular weight excluding hydrogens is 427 g/mol. The molecule has 0 radical (unpaired) electrons. The number of carbonyl (C=O) groups excluding carboxylic acids is 2. The molecule has 1 aromatic carbocycles. The number of piperidine rings is 1. The van der Waals surface area contributed by atoms with E-state index in [1.54, 1.807) is 6.07 Å². The van der Waals surface area contributed by atoms with Crippen molar-refractivity contribution in [3.05, 3.63) is 65.0 Å². The fraction of sp³-hybridized carbons (Fsp3) is 0.417. The second-order valence-electron chi connectivity index (χ2n) is 8.07. The van der Waals surface area contributed by atoms with Gasteiger partial charge >= 0.3 is 6.09 Å². The number of hydrogen-bond acceptors (Lipinski definition) is 4. The van der Waals surface area contributed by atoms with Crippen LogP contribution in [0.25, 0.3) is 0 Å². The summed E-state index contributed by atoms with van der Waals surface area (Å²) in [6.07, 6.45) is -0.211. The minimum Gasteiger partial charge on any atom is -0.465 e. The standard InChI is InChI=1S/C24H29FN4O4/c1-26-23(31)20-15-17(14-18(28-20)13-16-7-3-2-4-8-16)22(30)27-11-5-10-21-19(25)9-6-12-29(21)24(32)33/h2-4,7-8,14-15,19,21H,5-6,9-13H2,1H3,(H,26,31)(H,27,30)(H,32,33). The van der Waals surface area contributed by atoms with Gasteiger partial charge in [-0.15, -0.1) is 0 Å². The molecule has 0 bridgehead atoms. The number of amides is 3. The normalized spacial score (nSPS) is 17.9. The number of pyridine rings is 1. The Morgan fingerprint density at radius 1 is 1.18 bits per heavy atom. The van der Waals surface area contributed by atoms with E-state index in [9.17, 15) is 23.9 Å². The fourth-order valence-electron chi connectivity index (χ4n) is 4.06. The molecule has 1 aromatic heterocycles. The minimum absolute atomic E-state index is 0.149. The molecule has 176 valence electrons. The Bertz CT molecular complexity index is 986. The average Bonchev–Trinajstić information content (AvgIpc) is 2.82. The van der Waals surface area contributed by atoms with Gasteiger partial charge in [-0.25, -0.2) is 14.2 Å². The smallest absolute Gasteiger partial charge is 0.407 e. The Kier molecular flexibility index (Phi) is 8.34. The van der Waals surface area contributed by atoms with Crippen LogP contribution in [-0.2, 0) is 6.42 Å². The first-order valence-corrected chi connectivity index (χ1v) is 11.1. The third-order valence-electron chi connectivity index (χ3n) is 5.73. The molecule has 1 aliphatic rings. The Morgan fingerprint density at radius 2 is 1.94 bits per heavy atom. The second-order valence-corrected chi connectivity index (χ2v) is 8.07. The van der Waals surface area contributed by atoms with E-state index >= 15 is 0 Å². The van der Waals surface area contributed by atoms with E-state index in [-0.39, 0.29) is 24.1 Å². The predicted octanol–water partition coefficient (Wildman–Crippen LogP) is 3.02. The largest absolute Gasteiger partial charge is 0.465 e. The highest BCUT2D eigenvalue weighted by molar-refractivity contribution is 5.98. The number of halogens is 1. The van der Waals surface area contributed by atoms with Gasteiger partial charge in [-0.1, -0.05) is 30.3 Å². The predicted molar refractivity (Wildman–Crippen MR) is 121 cm³/mol. The summed E-state index contributed by atoms with van der Waals surface area (Å²) in [5.41, 5.74) is 2.05. The van der Waals surface area contributed by atoms with E-state index in [2.05, 4.69) is 15.6 Å². The van der Waals surface area contributed by atoms with Gasteiger partial charge in [-0.05, 0) is 43.4 Å². The summed E-state index contributed by atoms with van der Waals surface area (Å²) in [5, 5.41) is 14.6. The zero-order valence-electron chi connectivity index (χ0n) is 18.6. The van der Waals surface area contributed by atoms with Gasteiger partial charge in [-0.3, -0.25) is 9.59 Å². The van der Waals surface area contributed by atoms with E-state index in [4.69, 9.17) is 0 Å². The lowest BCUT2D eigenvalue weighted by atomic mass is 9.96. The van der Waals surface area contributed by atoms with E-state index in [0.717, 1.165) is 10.5 Å². The first kappa shape index (κ1) is 24.2. The molecule has 2 aromatic rings. The number of carboxylic acid groups (broad SMARTS) is 1. The minimum atomic E-state index is -1.19. The maximum Gasteiger partial charge on any atom is 0.407 e. The molecule has 3 amide bonds. The van der Waals surface area contributed by atoms with E-state index in [1.165, 1.54) is 13.1 Å². The van der Waals surface area contributed by atoms with Gasteiger partial charge in [0.15, 0.2) is 0 Å². The zero-order chi connectivity index (χ0) is 23.8. The molecule has 3 rings (SSSR count). The van der Waals surface area contributed by atoms with E-state index in [0.29, 0.717) is 49.9 Å². The second kappa shape index (κ2) is 11.4. The molecule has 9 heteroatoms. The summed E-state index contributed by atoms with van der Waals surface area (Å²) in [4.78, 5) is 41.8. The van der Waals surface area contributed by atoms with E-state index < -0.39 is 18.3 Å². The highest BCUT2D eigenvalue weighted by Gasteiger charge is 2.33. The maximum atomic E-state index is 14.2. The van der Waals surface area contributed by atoms with Crippen LogP contribution in [0.3, 0.4) is 0 Å². The molecule has 2 atom stereocenters. The number of alkyl halides is 1. The summed E-state index contributed by atoms with van der Waals surface area (Å²) in [6, 6.07) is 12.0. The summed E-state index contributed by atoms with van der Waals surface area (Å²) in [7, 11) is 1.50. The van der Waals surface area contributed by atoms with Crippen molar-refractivity contribution in [2.24, 2.45) is 0 Å². The number of aromatic nitrogens is 1. The van der Waals surface area contributed by atoms with Crippen LogP contribution in [0.5, 0.6) is 0 Å². The molecule has 0 spiro atoms. The highest BCUT2D eigenvalue weighted by Crippen LogP contribution is 2.24. The number of hydrogen-bond donors (Lipinski definition) is 3. The Balaban J connectivity index is 1.64. The number of nitrogens with zero attached hydrogens (tertiary/aromatic N) is 2. The van der Waals surface area contributed by atoms with Crippen molar-refractivity contribution in [1.29, 1.82) is 0 Å². The van der Waals surface area contributed by atoms with Crippen LogP contribution in [0.4, 0.5) is 9.18 Å². The maximum absolute atomic E-state index is 14.2. The lowest BCUT2D eigenvalue weighted by molar-refractivity contribution is 0.0555. The van der Waals surface area contributed by atoms with Crippen LogP contribution in [-0.4, -0.2) is 65.2 Å². The van der Waals surface area contributed by atoms with Gasteiger partial charge in [-0.2, -0.15) is 0 Å². The molecule has 0 aliphatic carbocycles. The summed E-state index contributed by atoms with van der Waals surface area (Å²) in [6.45, 7) is 0.595. The summed E-state index contributed by atoms with van der Waals surface area (Å²) < 4.78 is 14.2. The number of rotatable bonds is 8. The van der Waals surface area contributed by atoms with Crippen LogP contribution < -0.4 is 10.6 Å². The molecule has 3 N–H and O–H groups in total. The molecule has 0 saturated carbocycles. The Hall–Kier alpha value is -3.49. The number of benzene rings is 1. The first-order chi connectivity index (χ1) is 15.9. The van der Waals surface area contributed by atoms with Gasteiger partial charge in [0.2, 0.25) is 0 Å². The SMILES string of the molecule is CNC(=O)c1cc(C(=O)NCCCC2C(F)CCCN2C(=O)O)cc(Cc2ccccc2)n1. The van der Waals surface area contributed by atoms with Crippen LogP contribution in [0.2, 0.25) is 0 Å². The van der Waals surface area contributed by atoms with Gasteiger partial charge in [0, 0.05) is 37.8 Å². The number of nitrogens with one attached hydrogen (secondary N) is 2. The van der Waals surface area contributed by atoms with Crippen molar-refractivity contribution in [3.63, 3.8) is 0 Å². The first-order valence-electron chi connectivity index (χ1n) is 11.1. The zero-order valence-corrected chi connectivity index (χ0v) is 18.6. The van der Waals surface area contributed by atoms with Gasteiger partial charge < -0.3 is 20.6 Å². The Labute approximate surface area is 192 Å². The van der Waals surface area contributed by atoms with Crippen molar-refractivity contribution in [1.82, 2.24) is 20.5 Å². The molecule has 1 fully saturated rings. The molecule has 8 nitrogen and oxygen atoms in total. The highest BCUT2D eigenvalue weighted by atomic mass is 19.1. The molecule has 33 heavy (non-hydrogen) atoms. The lowest BCUT2D eigenvalue weighted by Gasteiger charge is -2.36. The number of likely N-dealkylation sites (tertiary alicyclic amines) is 1. The van der Waals surface area contributed by atoms with Crippen molar-refractivity contribution in [2.75, 3.05) is 20.1 Å². The van der Waals surface area contributed by atoms with Crippen LogP contribution in [0.15, 0.2) is 42.5 Å². The van der Waals surface area contributed by atoms with Gasteiger partial charge in [0.1, 0.15) is 11.9 Å². The Morgan fingerprint density at radius 3 is 2.64 bits per heavy atom. The molecule has 2 unspecified atom stereocenters. The summed E-state index contributed by atoms with van der Waals surface area (Å²) >= 11 is 0. The van der Waals surface area contributed by atoms with Gasteiger partial charge in [0.25, 0.3) is 11.8 Å². The summed E-state index contributed by atoms with van der Waals surface area (Å²) in [5.74, 6) is -0.758. The van der Waals surface area contributed by atoms with Crippen molar-refractivity contribution >= 4 is 17.9 Å². The van der Waals surface area contributed by atoms with Crippen LogP contribution in [0, 0.1) is 0 Å². The fourth-order valence-corrected chi connectivity index (χ4v) is 4.06. The number of carbonyl (C=O) groups is 3. The molecule has 1 aliphatic heterocycles. The van der Waals surface area contributed by atoms with Crippen LogP contribution >= 0.6 is 0 Å². The average molecular weight is 457 g/mol. The quantitative estimate of drug-likeness (QED) is 0.529. The molecule has 2 heterocycles. The van der Waals surface area contributed by atoms with Gasteiger partial charge in [0.05, 0.1) is 6.04 Å². The third-order valence-corrected chi connectivity index (χ3v) is 5.73.